The zero-order valence-corrected chi connectivity index (χ0v) is 13.5. The van der Waals surface area contributed by atoms with Crippen LogP contribution in [0.3, 0.4) is 0 Å². The van der Waals surface area contributed by atoms with Crippen LogP contribution in [0.25, 0.3) is 0 Å². The second kappa shape index (κ2) is 7.37. The van der Waals surface area contributed by atoms with Crippen molar-refractivity contribution in [3.63, 3.8) is 0 Å². The third kappa shape index (κ3) is 3.50. The van der Waals surface area contributed by atoms with Crippen LogP contribution >= 0.6 is 11.6 Å². The molecule has 1 atom stereocenters. The van der Waals surface area contributed by atoms with Crippen molar-refractivity contribution in [1.82, 2.24) is 9.97 Å². The Morgan fingerprint density at radius 2 is 1.90 bits per heavy atom. The van der Waals surface area contributed by atoms with E-state index in [1.807, 2.05) is 13.8 Å². The first-order valence-electron chi connectivity index (χ1n) is 7.81. The van der Waals surface area contributed by atoms with Crippen LogP contribution in [0.15, 0.2) is 0 Å². The fourth-order valence-electron chi connectivity index (χ4n) is 3.15. The van der Waals surface area contributed by atoms with Gasteiger partial charge in [0, 0.05) is 17.9 Å². The van der Waals surface area contributed by atoms with Gasteiger partial charge in [-0.05, 0) is 39.0 Å². The molecule has 0 saturated heterocycles. The number of hydrogen-bond donors (Lipinski definition) is 0. The molecule has 3 nitrogen and oxygen atoms in total. The summed E-state index contributed by atoms with van der Waals surface area (Å²) in [5, 5.41) is 0.593. The quantitative estimate of drug-likeness (QED) is 0.741. The maximum Gasteiger partial charge on any atom is 0.159 e. The first-order chi connectivity index (χ1) is 9.67. The highest BCUT2D eigenvalue weighted by Gasteiger charge is 2.28. The SMILES string of the molecule is CCOC(c1nc(C)c(CC)c(Cl)n1)C1CCCCC1. The molecule has 2 rings (SSSR count). The van der Waals surface area contributed by atoms with Crippen LogP contribution in [0.2, 0.25) is 5.15 Å². The number of rotatable bonds is 5. The average Bonchev–Trinajstić information content (AvgIpc) is 2.45. The Kier molecular flexibility index (Phi) is 5.79. The van der Waals surface area contributed by atoms with Gasteiger partial charge >= 0.3 is 0 Å². The Morgan fingerprint density at radius 1 is 1.20 bits per heavy atom. The summed E-state index contributed by atoms with van der Waals surface area (Å²) < 4.78 is 5.97. The Morgan fingerprint density at radius 3 is 2.45 bits per heavy atom. The maximum absolute atomic E-state index is 6.31. The van der Waals surface area contributed by atoms with E-state index < -0.39 is 0 Å². The highest BCUT2D eigenvalue weighted by atomic mass is 35.5. The molecule has 1 aliphatic rings. The van der Waals surface area contributed by atoms with E-state index in [1.54, 1.807) is 0 Å². The highest BCUT2D eigenvalue weighted by molar-refractivity contribution is 6.30. The first kappa shape index (κ1) is 15.7. The Bertz CT molecular complexity index is 421. The molecular weight excluding hydrogens is 272 g/mol. The molecule has 112 valence electrons. The summed E-state index contributed by atoms with van der Waals surface area (Å²) in [4.78, 5) is 9.21. The van der Waals surface area contributed by atoms with Gasteiger partial charge in [-0.2, -0.15) is 0 Å². The standard InChI is InChI=1S/C16H25ClN2O/c1-4-13-11(3)18-16(19-15(13)17)14(20-5-2)12-9-7-6-8-10-12/h12,14H,4-10H2,1-3H3. The van der Waals surface area contributed by atoms with Gasteiger partial charge in [0.1, 0.15) is 11.3 Å². The van der Waals surface area contributed by atoms with Crippen LogP contribution in [0.5, 0.6) is 0 Å². The minimum atomic E-state index is 0.00223. The lowest BCUT2D eigenvalue weighted by atomic mass is 9.85. The molecule has 0 aromatic carbocycles. The van der Waals surface area contributed by atoms with Gasteiger partial charge in [0.25, 0.3) is 0 Å². The monoisotopic (exact) mass is 296 g/mol. The molecule has 1 fully saturated rings. The molecule has 0 spiro atoms. The van der Waals surface area contributed by atoms with Crippen molar-refractivity contribution in [2.75, 3.05) is 6.61 Å². The van der Waals surface area contributed by atoms with Crippen molar-refractivity contribution in [3.8, 4) is 0 Å². The molecule has 0 N–H and O–H groups in total. The van der Waals surface area contributed by atoms with E-state index in [4.69, 9.17) is 16.3 Å². The molecule has 1 aromatic rings. The van der Waals surface area contributed by atoms with Crippen LogP contribution in [0, 0.1) is 12.8 Å². The minimum absolute atomic E-state index is 0.00223. The van der Waals surface area contributed by atoms with Crippen LogP contribution in [-0.4, -0.2) is 16.6 Å². The third-order valence-corrected chi connectivity index (χ3v) is 4.53. The van der Waals surface area contributed by atoms with Crippen molar-refractivity contribution in [3.05, 3.63) is 22.2 Å². The lowest BCUT2D eigenvalue weighted by Gasteiger charge is -2.29. The number of aryl methyl sites for hydroxylation is 1. The number of ether oxygens (including phenoxy) is 1. The van der Waals surface area contributed by atoms with E-state index >= 15 is 0 Å². The molecule has 0 amide bonds. The summed E-state index contributed by atoms with van der Waals surface area (Å²) in [6.45, 7) is 6.82. The zero-order valence-electron chi connectivity index (χ0n) is 12.8. The summed E-state index contributed by atoms with van der Waals surface area (Å²) in [6, 6.07) is 0. The Hall–Kier alpha value is -0.670. The largest absolute Gasteiger partial charge is 0.370 e. The summed E-state index contributed by atoms with van der Waals surface area (Å²) in [5.74, 6) is 1.31. The van der Waals surface area contributed by atoms with E-state index in [0.29, 0.717) is 17.7 Å². The van der Waals surface area contributed by atoms with E-state index in [2.05, 4.69) is 16.9 Å². The normalized spacial score (nSPS) is 18.2. The number of aromatic nitrogens is 2. The van der Waals surface area contributed by atoms with Crippen LogP contribution in [-0.2, 0) is 11.2 Å². The molecule has 1 aliphatic carbocycles. The van der Waals surface area contributed by atoms with Gasteiger partial charge < -0.3 is 4.74 Å². The van der Waals surface area contributed by atoms with Crippen LogP contribution in [0.4, 0.5) is 0 Å². The minimum Gasteiger partial charge on any atom is -0.370 e. The molecule has 1 aromatic heterocycles. The van der Waals surface area contributed by atoms with Crippen LogP contribution in [0.1, 0.15) is 69.1 Å². The number of halogens is 1. The van der Waals surface area contributed by atoms with Crippen molar-refractivity contribution in [1.29, 1.82) is 0 Å². The molecule has 0 aliphatic heterocycles. The van der Waals surface area contributed by atoms with Crippen molar-refractivity contribution in [2.45, 2.75) is 65.4 Å². The smallest absolute Gasteiger partial charge is 0.159 e. The molecule has 1 saturated carbocycles. The predicted molar refractivity (Wildman–Crippen MR) is 82.1 cm³/mol. The fraction of sp³-hybridized carbons (Fsp3) is 0.750. The van der Waals surface area contributed by atoms with E-state index in [0.717, 1.165) is 23.5 Å². The Labute approximate surface area is 127 Å². The summed E-state index contributed by atoms with van der Waals surface area (Å²) in [6.07, 6.45) is 7.20. The molecule has 0 bridgehead atoms. The van der Waals surface area contributed by atoms with Crippen molar-refractivity contribution in [2.24, 2.45) is 5.92 Å². The fourth-order valence-corrected chi connectivity index (χ4v) is 3.51. The van der Waals surface area contributed by atoms with Gasteiger partial charge in [-0.15, -0.1) is 0 Å². The van der Waals surface area contributed by atoms with Gasteiger partial charge in [0.2, 0.25) is 0 Å². The first-order valence-corrected chi connectivity index (χ1v) is 8.19. The van der Waals surface area contributed by atoms with Gasteiger partial charge in [0.05, 0.1) is 0 Å². The Balaban J connectivity index is 2.28. The molecule has 0 radical (unpaired) electrons. The van der Waals surface area contributed by atoms with E-state index in [9.17, 15) is 0 Å². The second-order valence-corrected chi connectivity index (χ2v) is 5.92. The number of hydrogen-bond acceptors (Lipinski definition) is 3. The van der Waals surface area contributed by atoms with Crippen molar-refractivity contribution < 1.29 is 4.74 Å². The number of nitrogens with zero attached hydrogens (tertiary/aromatic N) is 2. The molecule has 1 heterocycles. The summed E-state index contributed by atoms with van der Waals surface area (Å²) in [5.41, 5.74) is 2.04. The van der Waals surface area contributed by atoms with E-state index in [1.165, 1.54) is 32.1 Å². The topological polar surface area (TPSA) is 35.0 Å². The summed E-state index contributed by atoms with van der Waals surface area (Å²) in [7, 11) is 0. The van der Waals surface area contributed by atoms with Gasteiger partial charge in [-0.1, -0.05) is 37.8 Å². The van der Waals surface area contributed by atoms with E-state index in [-0.39, 0.29) is 6.10 Å². The summed E-state index contributed by atoms with van der Waals surface area (Å²) >= 11 is 6.31. The molecule has 1 unspecified atom stereocenters. The molecule has 20 heavy (non-hydrogen) atoms. The lowest BCUT2D eigenvalue weighted by Crippen LogP contribution is -2.22. The molecule has 4 heteroatoms. The second-order valence-electron chi connectivity index (χ2n) is 5.56. The van der Waals surface area contributed by atoms with Gasteiger partial charge in [0.15, 0.2) is 5.82 Å². The maximum atomic E-state index is 6.31. The average molecular weight is 297 g/mol. The molecular formula is C16H25ClN2O. The zero-order chi connectivity index (χ0) is 14.5. The lowest BCUT2D eigenvalue weighted by molar-refractivity contribution is -0.000308. The van der Waals surface area contributed by atoms with Gasteiger partial charge in [-0.25, -0.2) is 9.97 Å². The van der Waals surface area contributed by atoms with Crippen LogP contribution < -0.4 is 0 Å². The third-order valence-electron chi connectivity index (χ3n) is 4.21. The van der Waals surface area contributed by atoms with Crippen molar-refractivity contribution >= 4 is 11.6 Å². The predicted octanol–water partition coefficient (Wildman–Crippen LogP) is 4.66. The van der Waals surface area contributed by atoms with Gasteiger partial charge in [-0.3, -0.25) is 0 Å². The highest BCUT2D eigenvalue weighted by Crippen LogP contribution is 2.36.